The number of hydrogen-bond donors (Lipinski definition) is 1. The Morgan fingerprint density at radius 1 is 0.900 bits per heavy atom. The van der Waals surface area contributed by atoms with Crippen molar-refractivity contribution in [2.75, 3.05) is 13.7 Å². The van der Waals surface area contributed by atoms with Gasteiger partial charge in [-0.15, -0.1) is 4.91 Å². The van der Waals surface area contributed by atoms with Gasteiger partial charge in [0.2, 0.25) is 6.29 Å². The molecule has 0 aromatic carbocycles. The van der Waals surface area contributed by atoms with Gasteiger partial charge in [-0.3, -0.25) is 19.2 Å². The maximum absolute atomic E-state index is 12.1. The van der Waals surface area contributed by atoms with Crippen molar-refractivity contribution in [1.29, 1.82) is 0 Å². The zero-order valence-electron chi connectivity index (χ0n) is 17.0. The number of rotatable bonds is 7. The van der Waals surface area contributed by atoms with Crippen molar-refractivity contribution in [2.45, 2.75) is 58.3 Å². The molecule has 0 bridgehead atoms. The van der Waals surface area contributed by atoms with Crippen molar-refractivity contribution < 1.29 is 47.7 Å². The van der Waals surface area contributed by atoms with Crippen LogP contribution in [0.4, 0.5) is 4.79 Å². The average Bonchev–Trinajstić information content (AvgIpc) is 2.62. The fourth-order valence-corrected chi connectivity index (χ4v) is 2.59. The van der Waals surface area contributed by atoms with E-state index in [1.807, 2.05) is 0 Å². The van der Waals surface area contributed by atoms with Gasteiger partial charge in [0.15, 0.2) is 12.2 Å². The van der Waals surface area contributed by atoms with E-state index in [-0.39, 0.29) is 0 Å². The number of amides is 2. The maximum Gasteiger partial charge on any atom is 0.340 e. The minimum absolute atomic E-state index is 0.390. The van der Waals surface area contributed by atoms with Crippen LogP contribution in [-0.2, 0) is 42.9 Å². The van der Waals surface area contributed by atoms with E-state index >= 15 is 0 Å². The number of esters is 4. The zero-order chi connectivity index (χ0) is 23.0. The first-order chi connectivity index (χ1) is 14.0. The first kappa shape index (κ1) is 24.7. The second-order valence-electron chi connectivity index (χ2n) is 6.18. The summed E-state index contributed by atoms with van der Waals surface area (Å²) >= 11 is 0. The summed E-state index contributed by atoms with van der Waals surface area (Å²) in [6.07, 6.45) is -5.57. The number of carbonyl (C=O) groups is 5. The Labute approximate surface area is 171 Å². The molecular formula is C16H23N3O11. The standard InChI is InChI=1S/C16H23N3O11/c1-7(20)26-6-11-13(27-8(2)21)14(28-9(3)22)12(15(30-11)29-10(4)23)17-16(24)19(5)18-25/h11-15H,6H2,1-5H3,(H,17,24)/t11-,12+,13-,14-,15?/m1/s1. The summed E-state index contributed by atoms with van der Waals surface area (Å²) in [5.41, 5.74) is 0. The van der Waals surface area contributed by atoms with Crippen LogP contribution in [0.2, 0.25) is 0 Å². The summed E-state index contributed by atoms with van der Waals surface area (Å²) in [6.45, 7) is 3.87. The van der Waals surface area contributed by atoms with Gasteiger partial charge in [-0.25, -0.2) is 4.79 Å². The number of nitrogens with zero attached hydrogens (tertiary/aromatic N) is 2. The second-order valence-corrected chi connectivity index (χ2v) is 6.18. The number of hydrogen-bond acceptors (Lipinski definition) is 12. The second kappa shape index (κ2) is 11.0. The highest BCUT2D eigenvalue weighted by Gasteiger charge is 2.52. The third-order valence-electron chi connectivity index (χ3n) is 3.69. The Hall–Kier alpha value is -3.29. The quantitative estimate of drug-likeness (QED) is 0.234. The Morgan fingerprint density at radius 3 is 1.90 bits per heavy atom. The summed E-state index contributed by atoms with van der Waals surface area (Å²) in [7, 11) is 1.04. The molecule has 1 rings (SSSR count). The largest absolute Gasteiger partial charge is 0.463 e. The van der Waals surface area contributed by atoms with E-state index in [9.17, 15) is 28.9 Å². The summed E-state index contributed by atoms with van der Waals surface area (Å²) in [6, 6.07) is -2.46. The van der Waals surface area contributed by atoms with Crippen LogP contribution in [0.25, 0.3) is 0 Å². The Bertz CT molecular complexity index is 698. The van der Waals surface area contributed by atoms with Crippen LogP contribution in [0.5, 0.6) is 0 Å². The number of nitroso groups, excluding NO2 is 1. The predicted octanol–water partition coefficient (Wildman–Crippen LogP) is -0.608. The minimum Gasteiger partial charge on any atom is -0.463 e. The minimum atomic E-state index is -1.55. The van der Waals surface area contributed by atoms with Crippen molar-refractivity contribution in [2.24, 2.45) is 5.29 Å². The van der Waals surface area contributed by atoms with E-state index in [1.54, 1.807) is 0 Å². The van der Waals surface area contributed by atoms with Crippen LogP contribution in [0.3, 0.4) is 0 Å². The monoisotopic (exact) mass is 433 g/mol. The molecule has 1 fully saturated rings. The van der Waals surface area contributed by atoms with Gasteiger partial charge in [0.05, 0.1) is 5.29 Å². The van der Waals surface area contributed by atoms with Crippen LogP contribution in [0.1, 0.15) is 27.7 Å². The molecule has 2 amide bonds. The summed E-state index contributed by atoms with van der Waals surface area (Å²) in [4.78, 5) is 68.7. The van der Waals surface area contributed by atoms with Gasteiger partial charge in [-0.05, 0) is 0 Å². The fourth-order valence-electron chi connectivity index (χ4n) is 2.59. The number of nitrogens with one attached hydrogen (secondary N) is 1. The molecule has 1 aliphatic heterocycles. The number of ether oxygens (including phenoxy) is 5. The third-order valence-corrected chi connectivity index (χ3v) is 3.69. The SMILES string of the molecule is CC(=O)OC[C@H]1OC(OC(C)=O)[C@@H](NC(=O)N(C)N=O)[C@@H](OC(C)=O)[C@@H]1OC(C)=O. The molecule has 1 saturated heterocycles. The maximum atomic E-state index is 12.1. The molecule has 5 atom stereocenters. The first-order valence-electron chi connectivity index (χ1n) is 8.64. The van der Waals surface area contributed by atoms with Crippen molar-refractivity contribution in [3.63, 3.8) is 0 Å². The smallest absolute Gasteiger partial charge is 0.340 e. The van der Waals surface area contributed by atoms with Gasteiger partial charge >= 0.3 is 29.9 Å². The molecular weight excluding hydrogens is 410 g/mol. The third kappa shape index (κ3) is 7.27. The molecule has 0 radical (unpaired) electrons. The molecule has 0 aliphatic carbocycles. The molecule has 1 heterocycles. The Morgan fingerprint density at radius 2 is 1.43 bits per heavy atom. The highest BCUT2D eigenvalue weighted by Crippen LogP contribution is 2.28. The Balaban J connectivity index is 3.37. The van der Waals surface area contributed by atoms with Crippen molar-refractivity contribution in [3.8, 4) is 0 Å². The van der Waals surface area contributed by atoms with Crippen molar-refractivity contribution in [3.05, 3.63) is 4.91 Å². The number of urea groups is 1. The molecule has 0 saturated carbocycles. The molecule has 1 N–H and O–H groups in total. The van der Waals surface area contributed by atoms with E-state index < -0.39 is 67.2 Å². The Kier molecular flexibility index (Phi) is 9.11. The molecule has 168 valence electrons. The summed E-state index contributed by atoms with van der Waals surface area (Å²) < 4.78 is 25.9. The average molecular weight is 433 g/mol. The molecule has 0 aromatic rings. The van der Waals surface area contributed by atoms with Crippen LogP contribution in [0.15, 0.2) is 5.29 Å². The summed E-state index contributed by atoms with van der Waals surface area (Å²) in [5.74, 6) is -3.12. The first-order valence-corrected chi connectivity index (χ1v) is 8.64. The summed E-state index contributed by atoms with van der Waals surface area (Å²) in [5, 5.41) is 5.10. The van der Waals surface area contributed by atoms with Crippen LogP contribution in [-0.4, -0.2) is 79.2 Å². The fraction of sp³-hybridized carbons (Fsp3) is 0.688. The van der Waals surface area contributed by atoms with E-state index in [0.29, 0.717) is 5.01 Å². The van der Waals surface area contributed by atoms with Gasteiger partial charge < -0.3 is 29.0 Å². The van der Waals surface area contributed by atoms with Crippen LogP contribution >= 0.6 is 0 Å². The number of carbonyl (C=O) groups excluding carboxylic acids is 5. The van der Waals surface area contributed by atoms with E-state index in [1.165, 1.54) is 0 Å². The topological polar surface area (TPSA) is 176 Å². The molecule has 0 aromatic heterocycles. The van der Waals surface area contributed by atoms with Crippen molar-refractivity contribution in [1.82, 2.24) is 10.3 Å². The molecule has 0 spiro atoms. The van der Waals surface area contributed by atoms with Crippen LogP contribution < -0.4 is 5.32 Å². The lowest BCUT2D eigenvalue weighted by Crippen LogP contribution is -2.67. The predicted molar refractivity (Wildman–Crippen MR) is 94.0 cm³/mol. The molecule has 1 aliphatic rings. The molecule has 30 heavy (non-hydrogen) atoms. The van der Waals surface area contributed by atoms with E-state index in [0.717, 1.165) is 34.7 Å². The van der Waals surface area contributed by atoms with Gasteiger partial charge in [-0.2, -0.15) is 5.01 Å². The van der Waals surface area contributed by atoms with Gasteiger partial charge in [0.1, 0.15) is 18.8 Å². The lowest BCUT2D eigenvalue weighted by molar-refractivity contribution is -0.270. The van der Waals surface area contributed by atoms with Gasteiger partial charge in [0, 0.05) is 34.7 Å². The highest BCUT2D eigenvalue weighted by atomic mass is 16.7. The molecule has 14 nitrogen and oxygen atoms in total. The molecule has 1 unspecified atom stereocenters. The van der Waals surface area contributed by atoms with E-state index in [4.69, 9.17) is 23.7 Å². The highest BCUT2D eigenvalue weighted by molar-refractivity contribution is 5.74. The van der Waals surface area contributed by atoms with Crippen molar-refractivity contribution >= 4 is 29.9 Å². The lowest BCUT2D eigenvalue weighted by atomic mass is 9.96. The molecule has 14 heteroatoms. The van der Waals surface area contributed by atoms with Gasteiger partial charge in [-0.1, -0.05) is 0 Å². The van der Waals surface area contributed by atoms with Crippen LogP contribution in [0, 0.1) is 4.91 Å². The zero-order valence-corrected chi connectivity index (χ0v) is 17.0. The van der Waals surface area contributed by atoms with E-state index in [2.05, 4.69) is 10.6 Å². The van der Waals surface area contributed by atoms with Gasteiger partial charge in [0.25, 0.3) is 0 Å². The lowest BCUT2D eigenvalue weighted by Gasteiger charge is -2.44. The normalized spacial score (nSPS) is 25.3.